The van der Waals surface area contributed by atoms with Gasteiger partial charge in [0.1, 0.15) is 24.4 Å². The average molecular weight is 1130 g/mol. The fraction of sp³-hybridized carbons (Fsp3) is 0.764. The summed E-state index contributed by atoms with van der Waals surface area (Å²) in [6.07, 6.45) is 80.8. The van der Waals surface area contributed by atoms with Gasteiger partial charge in [0.2, 0.25) is 5.91 Å². The molecular formula is C72H127NO8. The lowest BCUT2D eigenvalue weighted by atomic mass is 9.99. The van der Waals surface area contributed by atoms with Gasteiger partial charge in [-0.3, -0.25) is 4.79 Å². The van der Waals surface area contributed by atoms with E-state index in [9.17, 15) is 30.3 Å². The largest absolute Gasteiger partial charge is 0.394 e. The van der Waals surface area contributed by atoms with Gasteiger partial charge in [-0.2, -0.15) is 0 Å². The number of carbonyl (C=O) groups is 1. The molecule has 0 aromatic heterocycles. The molecule has 6 N–H and O–H groups in total. The summed E-state index contributed by atoms with van der Waals surface area (Å²) < 4.78 is 11.3. The number of aliphatic hydroxyl groups is 5. The Morgan fingerprint density at radius 3 is 1.19 bits per heavy atom. The minimum absolute atomic E-state index is 0.185. The molecule has 0 radical (unpaired) electrons. The third kappa shape index (κ3) is 49.1. The second-order valence-corrected chi connectivity index (χ2v) is 23.2. The van der Waals surface area contributed by atoms with Gasteiger partial charge in [0.15, 0.2) is 6.29 Å². The van der Waals surface area contributed by atoms with E-state index in [-0.39, 0.29) is 12.5 Å². The highest BCUT2D eigenvalue weighted by Crippen LogP contribution is 2.23. The third-order valence-electron chi connectivity index (χ3n) is 15.6. The first-order valence-corrected chi connectivity index (χ1v) is 34.0. The molecule has 9 heteroatoms. The van der Waals surface area contributed by atoms with E-state index in [1.54, 1.807) is 6.08 Å². The highest BCUT2D eigenvalue weighted by Gasteiger charge is 2.44. The van der Waals surface area contributed by atoms with Crippen LogP contribution in [-0.2, 0) is 14.3 Å². The van der Waals surface area contributed by atoms with Crippen molar-refractivity contribution in [3.05, 3.63) is 97.2 Å². The second-order valence-electron chi connectivity index (χ2n) is 23.2. The molecular weight excluding hydrogens is 1010 g/mol. The molecule has 1 saturated heterocycles. The molecule has 7 unspecified atom stereocenters. The number of unbranched alkanes of at least 4 members (excludes halogenated alkanes) is 34. The molecule has 0 aromatic carbocycles. The Morgan fingerprint density at radius 1 is 0.432 bits per heavy atom. The van der Waals surface area contributed by atoms with Crippen LogP contribution < -0.4 is 5.32 Å². The predicted octanol–water partition coefficient (Wildman–Crippen LogP) is 18.3. The van der Waals surface area contributed by atoms with Crippen molar-refractivity contribution in [1.82, 2.24) is 5.32 Å². The molecule has 468 valence electrons. The summed E-state index contributed by atoms with van der Waals surface area (Å²) in [4.78, 5) is 13.1. The number of allylic oxidation sites excluding steroid dienone is 15. The van der Waals surface area contributed by atoms with Crippen LogP contribution in [0.2, 0.25) is 0 Å². The molecule has 1 fully saturated rings. The number of amides is 1. The van der Waals surface area contributed by atoms with Crippen LogP contribution in [0, 0.1) is 0 Å². The molecule has 1 heterocycles. The van der Waals surface area contributed by atoms with Crippen molar-refractivity contribution in [2.45, 2.75) is 339 Å². The van der Waals surface area contributed by atoms with Crippen LogP contribution in [0.25, 0.3) is 0 Å². The Hall–Kier alpha value is -2.89. The molecule has 1 aliphatic rings. The lowest BCUT2D eigenvalue weighted by molar-refractivity contribution is -0.302. The lowest BCUT2D eigenvalue weighted by Gasteiger charge is -2.40. The zero-order valence-electron chi connectivity index (χ0n) is 52.3. The lowest BCUT2D eigenvalue weighted by Crippen LogP contribution is -2.60. The minimum atomic E-state index is -1.58. The van der Waals surface area contributed by atoms with Crippen molar-refractivity contribution < 1.29 is 39.8 Å². The maximum atomic E-state index is 13.1. The van der Waals surface area contributed by atoms with Crippen molar-refractivity contribution >= 4 is 5.91 Å². The highest BCUT2D eigenvalue weighted by atomic mass is 16.7. The Balaban J connectivity index is 2.13. The molecule has 1 rings (SSSR count). The number of nitrogens with one attached hydrogen (secondary N) is 1. The quantitative estimate of drug-likeness (QED) is 0.0261. The maximum absolute atomic E-state index is 13.1. The Kier molecular flexibility index (Phi) is 56.6. The summed E-state index contributed by atoms with van der Waals surface area (Å²) in [5, 5.41) is 54.7. The van der Waals surface area contributed by atoms with E-state index >= 15 is 0 Å². The first-order valence-electron chi connectivity index (χ1n) is 34.0. The van der Waals surface area contributed by atoms with Gasteiger partial charge in [0.05, 0.1) is 25.4 Å². The summed E-state index contributed by atoms with van der Waals surface area (Å²) in [5.74, 6) is -0.185. The topological polar surface area (TPSA) is 149 Å². The van der Waals surface area contributed by atoms with E-state index in [1.807, 2.05) is 6.08 Å². The van der Waals surface area contributed by atoms with Crippen molar-refractivity contribution in [2.75, 3.05) is 13.2 Å². The number of ether oxygens (including phenoxy) is 2. The molecule has 0 spiro atoms. The smallest absolute Gasteiger partial charge is 0.220 e. The van der Waals surface area contributed by atoms with Crippen molar-refractivity contribution in [3.8, 4) is 0 Å². The van der Waals surface area contributed by atoms with E-state index in [2.05, 4.69) is 104 Å². The maximum Gasteiger partial charge on any atom is 0.220 e. The number of rotatable bonds is 58. The van der Waals surface area contributed by atoms with Crippen LogP contribution in [0.4, 0.5) is 0 Å². The molecule has 0 saturated carbocycles. The molecule has 1 amide bonds. The molecule has 9 nitrogen and oxygen atoms in total. The Morgan fingerprint density at radius 2 is 0.778 bits per heavy atom. The van der Waals surface area contributed by atoms with Crippen LogP contribution in [0.1, 0.15) is 296 Å². The minimum Gasteiger partial charge on any atom is -0.394 e. The summed E-state index contributed by atoms with van der Waals surface area (Å²) in [6.45, 7) is 3.67. The number of carbonyl (C=O) groups excluding carboxylic acids is 1. The Labute approximate surface area is 498 Å². The van der Waals surface area contributed by atoms with Crippen molar-refractivity contribution in [2.24, 2.45) is 0 Å². The summed E-state index contributed by atoms with van der Waals surface area (Å²) >= 11 is 0. The van der Waals surface area contributed by atoms with E-state index in [0.29, 0.717) is 6.42 Å². The fourth-order valence-electron chi connectivity index (χ4n) is 10.4. The van der Waals surface area contributed by atoms with Gasteiger partial charge in [0, 0.05) is 6.42 Å². The Bertz CT molecular complexity index is 1600. The first kappa shape index (κ1) is 76.1. The van der Waals surface area contributed by atoms with Crippen LogP contribution >= 0.6 is 0 Å². The standard InChI is InChI=1S/C72H127NO8/c1-3-5-7-9-11-13-15-17-19-21-23-25-26-27-28-29-30-31-32-33-34-35-36-37-38-39-40-42-44-46-48-50-52-54-56-58-60-62-68(76)73-65(64-80-72-71(79)70(78)69(77)67(63-74)81-72)66(75)61-59-57-55-53-51-49-47-45-43-41-24-22-20-18-16-14-12-10-8-6-4-2/h5,7,11,13,17,19,23,25,27-28,30-31,51,53,59,61,65-67,69-72,74-75,77-79H,3-4,6,8-10,12,14-16,18,20-22,24,26,29,32-50,52,54-58,60,62-64H2,1-2H3,(H,73,76)/b7-5-,13-11-,19-17-,25-23-,28-27-,31-30-,53-51+,61-59+. The van der Waals surface area contributed by atoms with Gasteiger partial charge in [0.25, 0.3) is 0 Å². The summed E-state index contributed by atoms with van der Waals surface area (Å²) in [7, 11) is 0. The van der Waals surface area contributed by atoms with Crippen molar-refractivity contribution in [1.29, 1.82) is 0 Å². The molecule has 7 atom stereocenters. The first-order chi connectivity index (χ1) is 39.8. The van der Waals surface area contributed by atoms with Crippen LogP contribution in [-0.4, -0.2) is 87.5 Å². The van der Waals surface area contributed by atoms with Gasteiger partial charge in [-0.25, -0.2) is 0 Å². The normalized spacial score (nSPS) is 19.0. The van der Waals surface area contributed by atoms with Gasteiger partial charge in [-0.05, 0) is 83.5 Å². The van der Waals surface area contributed by atoms with E-state index in [0.717, 1.165) is 77.0 Å². The van der Waals surface area contributed by atoms with Gasteiger partial charge >= 0.3 is 0 Å². The molecule has 0 aromatic rings. The molecule has 1 aliphatic heterocycles. The number of aliphatic hydroxyl groups excluding tert-OH is 5. The predicted molar refractivity (Wildman–Crippen MR) is 345 cm³/mol. The van der Waals surface area contributed by atoms with Crippen LogP contribution in [0.5, 0.6) is 0 Å². The molecule has 0 bridgehead atoms. The van der Waals surface area contributed by atoms with E-state index < -0.39 is 49.5 Å². The molecule has 0 aliphatic carbocycles. The second kappa shape index (κ2) is 60.2. The summed E-state index contributed by atoms with van der Waals surface area (Å²) in [6, 6.07) is -0.826. The van der Waals surface area contributed by atoms with E-state index in [1.165, 1.54) is 199 Å². The third-order valence-corrected chi connectivity index (χ3v) is 15.6. The number of hydrogen-bond acceptors (Lipinski definition) is 8. The number of hydrogen-bond donors (Lipinski definition) is 6. The van der Waals surface area contributed by atoms with Crippen LogP contribution in [0.3, 0.4) is 0 Å². The van der Waals surface area contributed by atoms with Gasteiger partial charge < -0.3 is 40.3 Å². The van der Waals surface area contributed by atoms with Crippen molar-refractivity contribution in [3.63, 3.8) is 0 Å². The fourth-order valence-corrected chi connectivity index (χ4v) is 10.4. The zero-order chi connectivity index (χ0) is 58.6. The van der Waals surface area contributed by atoms with Crippen LogP contribution in [0.15, 0.2) is 97.2 Å². The van der Waals surface area contributed by atoms with Gasteiger partial charge in [-0.1, -0.05) is 304 Å². The average Bonchev–Trinajstić information content (AvgIpc) is 3.49. The summed E-state index contributed by atoms with van der Waals surface area (Å²) in [5.41, 5.74) is 0. The highest BCUT2D eigenvalue weighted by molar-refractivity contribution is 5.76. The van der Waals surface area contributed by atoms with E-state index in [4.69, 9.17) is 9.47 Å². The van der Waals surface area contributed by atoms with Gasteiger partial charge in [-0.15, -0.1) is 0 Å². The monoisotopic (exact) mass is 1130 g/mol. The molecule has 81 heavy (non-hydrogen) atoms. The zero-order valence-corrected chi connectivity index (χ0v) is 52.3. The SMILES string of the molecule is CC/C=C\C/C=C\C/C=C\C/C=C\C/C=C\C/C=C\CCCCCCCCCCCCCCCCCCCCC(=O)NC(COC1OC(CO)C(O)C(O)C1O)C(O)/C=C/CC/C=C/CCCCCCCCCCCCCCCCC.